The van der Waals surface area contributed by atoms with Gasteiger partial charge in [-0.1, -0.05) is 12.1 Å². The van der Waals surface area contributed by atoms with Crippen LogP contribution < -0.4 is 5.32 Å². The predicted octanol–water partition coefficient (Wildman–Crippen LogP) is 2.15. The number of furan rings is 1. The van der Waals surface area contributed by atoms with E-state index in [1.807, 2.05) is 18.2 Å². The topological polar surface area (TPSA) is 69.2 Å². The van der Waals surface area contributed by atoms with Crippen LogP contribution in [0.3, 0.4) is 0 Å². The lowest BCUT2D eigenvalue weighted by molar-refractivity contribution is 0.0340. The molecule has 98 valence electrons. The molecule has 2 aromatic rings. The normalized spacial score (nSPS) is 13.7. The quantitative estimate of drug-likeness (QED) is 0.860. The second-order valence-electron chi connectivity index (χ2n) is 4.67. The highest BCUT2D eigenvalue weighted by Crippen LogP contribution is 2.19. The van der Waals surface area contributed by atoms with Gasteiger partial charge < -0.3 is 14.8 Å². The second-order valence-corrected chi connectivity index (χ2v) is 4.67. The van der Waals surface area contributed by atoms with E-state index in [0.29, 0.717) is 24.4 Å². The van der Waals surface area contributed by atoms with E-state index in [-0.39, 0.29) is 0 Å². The third kappa shape index (κ3) is 3.44. The van der Waals surface area contributed by atoms with Gasteiger partial charge in [-0.15, -0.1) is 0 Å². The molecule has 0 radical (unpaired) electrons. The van der Waals surface area contributed by atoms with Crippen LogP contribution in [0.25, 0.3) is 0 Å². The number of nitrogens with zero attached hydrogens (tertiary/aromatic N) is 1. The van der Waals surface area contributed by atoms with Gasteiger partial charge in [0.15, 0.2) is 0 Å². The Morgan fingerprint density at radius 1 is 1.37 bits per heavy atom. The van der Waals surface area contributed by atoms with Crippen molar-refractivity contribution in [1.82, 2.24) is 5.32 Å². The lowest BCUT2D eigenvalue weighted by Crippen LogP contribution is -2.34. The van der Waals surface area contributed by atoms with Gasteiger partial charge in [0.05, 0.1) is 17.9 Å². The summed E-state index contributed by atoms with van der Waals surface area (Å²) < 4.78 is 5.20. The molecule has 4 heteroatoms. The fourth-order valence-corrected chi connectivity index (χ4v) is 1.87. The van der Waals surface area contributed by atoms with Gasteiger partial charge in [0.2, 0.25) is 0 Å². The van der Waals surface area contributed by atoms with Crippen LogP contribution in [0.15, 0.2) is 47.1 Å². The van der Waals surface area contributed by atoms with Crippen LogP contribution in [0.2, 0.25) is 0 Å². The highest BCUT2D eigenvalue weighted by Gasteiger charge is 2.25. The van der Waals surface area contributed by atoms with Crippen molar-refractivity contribution >= 4 is 0 Å². The van der Waals surface area contributed by atoms with Crippen molar-refractivity contribution in [2.45, 2.75) is 19.1 Å². The highest BCUT2D eigenvalue weighted by atomic mass is 16.4. The zero-order valence-electron chi connectivity index (χ0n) is 10.8. The maximum Gasteiger partial charge on any atom is 0.136 e. The molecule has 0 bridgehead atoms. The van der Waals surface area contributed by atoms with E-state index in [1.165, 1.54) is 0 Å². The Hall–Kier alpha value is -2.09. The SMILES string of the molecule is CC(O)(CNCc1cccc(C#N)c1)c1ccco1. The smallest absolute Gasteiger partial charge is 0.136 e. The van der Waals surface area contributed by atoms with Crippen LogP contribution in [-0.4, -0.2) is 11.7 Å². The summed E-state index contributed by atoms with van der Waals surface area (Å²) in [5.41, 5.74) is 0.600. The molecule has 4 nitrogen and oxygen atoms in total. The number of rotatable bonds is 5. The second kappa shape index (κ2) is 5.70. The van der Waals surface area contributed by atoms with Gasteiger partial charge in [-0.25, -0.2) is 0 Å². The van der Waals surface area contributed by atoms with Crippen molar-refractivity contribution in [3.05, 3.63) is 59.5 Å². The van der Waals surface area contributed by atoms with E-state index in [2.05, 4.69) is 11.4 Å². The minimum atomic E-state index is -1.05. The van der Waals surface area contributed by atoms with E-state index < -0.39 is 5.60 Å². The van der Waals surface area contributed by atoms with E-state index in [1.54, 1.807) is 31.4 Å². The van der Waals surface area contributed by atoms with E-state index in [4.69, 9.17) is 9.68 Å². The monoisotopic (exact) mass is 256 g/mol. The van der Waals surface area contributed by atoms with Crippen LogP contribution >= 0.6 is 0 Å². The van der Waals surface area contributed by atoms with Gasteiger partial charge in [0.1, 0.15) is 11.4 Å². The van der Waals surface area contributed by atoms with Gasteiger partial charge in [0, 0.05) is 13.1 Å². The summed E-state index contributed by atoms with van der Waals surface area (Å²) in [5, 5.41) is 22.2. The molecule has 0 saturated carbocycles. The van der Waals surface area contributed by atoms with Gasteiger partial charge in [0.25, 0.3) is 0 Å². The number of nitriles is 1. The molecular weight excluding hydrogens is 240 g/mol. The first-order chi connectivity index (χ1) is 9.12. The molecule has 0 amide bonds. The molecule has 1 atom stereocenters. The Kier molecular flexibility index (Phi) is 4.00. The number of nitrogens with one attached hydrogen (secondary N) is 1. The molecule has 0 fully saturated rings. The molecular formula is C15H16N2O2. The van der Waals surface area contributed by atoms with Crippen LogP contribution in [-0.2, 0) is 12.1 Å². The van der Waals surface area contributed by atoms with Crippen molar-refractivity contribution in [2.75, 3.05) is 6.54 Å². The molecule has 1 heterocycles. The minimum Gasteiger partial charge on any atom is -0.466 e. The lowest BCUT2D eigenvalue weighted by atomic mass is 10.0. The maximum atomic E-state index is 10.2. The number of hydrogen-bond acceptors (Lipinski definition) is 4. The largest absolute Gasteiger partial charge is 0.466 e. The first kappa shape index (κ1) is 13.3. The Balaban J connectivity index is 1.91. The van der Waals surface area contributed by atoms with Crippen molar-refractivity contribution in [2.24, 2.45) is 0 Å². The predicted molar refractivity (Wildman–Crippen MR) is 71.1 cm³/mol. The first-order valence-electron chi connectivity index (χ1n) is 6.08. The fraction of sp³-hybridized carbons (Fsp3) is 0.267. The van der Waals surface area contributed by atoms with E-state index in [9.17, 15) is 5.11 Å². The fourth-order valence-electron chi connectivity index (χ4n) is 1.87. The van der Waals surface area contributed by atoms with Crippen LogP contribution in [0.4, 0.5) is 0 Å². The Morgan fingerprint density at radius 2 is 2.21 bits per heavy atom. The minimum absolute atomic E-state index is 0.372. The standard InChI is InChI=1S/C15H16N2O2/c1-15(18,14-6-3-7-19-14)11-17-10-13-5-2-4-12(8-13)9-16/h2-8,17-18H,10-11H2,1H3. The summed E-state index contributed by atoms with van der Waals surface area (Å²) in [5.74, 6) is 0.533. The molecule has 2 rings (SSSR count). The van der Waals surface area contributed by atoms with Crippen molar-refractivity contribution in [3.8, 4) is 6.07 Å². The van der Waals surface area contributed by atoms with Crippen molar-refractivity contribution < 1.29 is 9.52 Å². The summed E-state index contributed by atoms with van der Waals surface area (Å²) >= 11 is 0. The number of hydrogen-bond donors (Lipinski definition) is 2. The third-order valence-electron chi connectivity index (χ3n) is 2.91. The average molecular weight is 256 g/mol. The van der Waals surface area contributed by atoms with Crippen LogP contribution in [0.5, 0.6) is 0 Å². The lowest BCUT2D eigenvalue weighted by Gasteiger charge is -2.21. The van der Waals surface area contributed by atoms with E-state index >= 15 is 0 Å². The number of benzene rings is 1. The Bertz CT molecular complexity index is 568. The molecule has 1 aromatic carbocycles. The summed E-state index contributed by atoms with van der Waals surface area (Å²) in [6, 6.07) is 13.0. The molecule has 0 spiro atoms. The Labute approximate surface area is 112 Å². The molecule has 0 aliphatic heterocycles. The van der Waals surface area contributed by atoms with Gasteiger partial charge in [-0.05, 0) is 36.8 Å². The average Bonchev–Trinajstić information content (AvgIpc) is 2.93. The zero-order chi connectivity index (χ0) is 13.7. The summed E-state index contributed by atoms with van der Waals surface area (Å²) in [6.07, 6.45) is 1.54. The molecule has 19 heavy (non-hydrogen) atoms. The van der Waals surface area contributed by atoms with Crippen molar-refractivity contribution in [1.29, 1.82) is 5.26 Å². The third-order valence-corrected chi connectivity index (χ3v) is 2.91. The Morgan fingerprint density at radius 3 is 2.89 bits per heavy atom. The molecule has 2 N–H and O–H groups in total. The summed E-state index contributed by atoms with van der Waals surface area (Å²) in [4.78, 5) is 0. The highest BCUT2D eigenvalue weighted by molar-refractivity contribution is 5.32. The van der Waals surface area contributed by atoms with Gasteiger partial charge in [-0.3, -0.25) is 0 Å². The van der Waals surface area contributed by atoms with Gasteiger partial charge in [-0.2, -0.15) is 5.26 Å². The zero-order valence-corrected chi connectivity index (χ0v) is 10.8. The summed E-state index contributed by atoms with van der Waals surface area (Å²) in [6.45, 7) is 2.66. The molecule has 0 aliphatic rings. The summed E-state index contributed by atoms with van der Waals surface area (Å²) in [7, 11) is 0. The first-order valence-corrected chi connectivity index (χ1v) is 6.08. The maximum absolute atomic E-state index is 10.2. The van der Waals surface area contributed by atoms with Crippen molar-refractivity contribution in [3.63, 3.8) is 0 Å². The molecule has 0 aliphatic carbocycles. The molecule has 1 aromatic heterocycles. The van der Waals surface area contributed by atoms with Crippen LogP contribution in [0.1, 0.15) is 23.8 Å². The van der Waals surface area contributed by atoms with E-state index in [0.717, 1.165) is 5.56 Å². The van der Waals surface area contributed by atoms with Crippen LogP contribution in [0, 0.1) is 11.3 Å². The molecule has 0 saturated heterocycles. The molecule has 1 unspecified atom stereocenters. The number of aliphatic hydroxyl groups is 1. The van der Waals surface area contributed by atoms with Gasteiger partial charge >= 0.3 is 0 Å².